The van der Waals surface area contributed by atoms with Crippen LogP contribution in [0.15, 0.2) is 24.3 Å². The highest BCUT2D eigenvalue weighted by molar-refractivity contribution is 5.30. The first kappa shape index (κ1) is 14.6. The minimum absolute atomic E-state index is 0.243. The minimum atomic E-state index is -0.375. The minimum Gasteiger partial charge on any atom is -0.330 e. The summed E-state index contributed by atoms with van der Waals surface area (Å²) < 4.78 is 14.8. The fourth-order valence-corrected chi connectivity index (χ4v) is 2.20. The molecule has 0 aliphatic rings. The maximum Gasteiger partial charge on any atom is 0.161 e. The van der Waals surface area contributed by atoms with E-state index in [1.807, 2.05) is 13.8 Å². The third-order valence-corrected chi connectivity index (χ3v) is 3.48. The number of hydrogen-bond donors (Lipinski definition) is 1. The van der Waals surface area contributed by atoms with Crippen molar-refractivity contribution in [3.05, 3.63) is 41.5 Å². The number of aryl methyl sites for hydroxylation is 1. The van der Waals surface area contributed by atoms with Gasteiger partial charge >= 0.3 is 0 Å². The van der Waals surface area contributed by atoms with Crippen LogP contribution in [0.4, 0.5) is 4.39 Å². The Hall–Kier alpha value is -1.82. The molecule has 0 atom stereocenters. The Morgan fingerprint density at radius 3 is 2.55 bits per heavy atom. The van der Waals surface area contributed by atoms with Gasteiger partial charge in [0, 0.05) is 6.54 Å². The second-order valence-corrected chi connectivity index (χ2v) is 5.35. The molecule has 0 saturated carbocycles. The van der Waals surface area contributed by atoms with E-state index in [9.17, 15) is 4.39 Å². The molecule has 0 bridgehead atoms. The third-order valence-electron chi connectivity index (χ3n) is 3.48. The van der Waals surface area contributed by atoms with E-state index < -0.39 is 0 Å². The van der Waals surface area contributed by atoms with Gasteiger partial charge in [-0.3, -0.25) is 0 Å². The lowest BCUT2D eigenvalue weighted by Gasteiger charge is -2.24. The first-order valence-electron chi connectivity index (χ1n) is 6.78. The zero-order valence-corrected chi connectivity index (χ0v) is 11.9. The smallest absolute Gasteiger partial charge is 0.161 e. The summed E-state index contributed by atoms with van der Waals surface area (Å²) in [5, 5.41) is 11.9. The molecule has 1 aromatic heterocycles. The van der Waals surface area contributed by atoms with Gasteiger partial charge in [0.15, 0.2) is 5.82 Å². The van der Waals surface area contributed by atoms with Crippen molar-refractivity contribution in [3.63, 3.8) is 0 Å². The topological polar surface area (TPSA) is 69.6 Å². The monoisotopic (exact) mass is 277 g/mol. The lowest BCUT2D eigenvalue weighted by Crippen LogP contribution is -2.25. The van der Waals surface area contributed by atoms with Gasteiger partial charge in [0.2, 0.25) is 0 Å². The van der Waals surface area contributed by atoms with E-state index in [2.05, 4.69) is 15.5 Å². The highest BCUT2D eigenvalue weighted by atomic mass is 19.1. The number of halogens is 1. The van der Waals surface area contributed by atoms with E-state index in [1.165, 1.54) is 12.1 Å². The van der Waals surface area contributed by atoms with Crippen LogP contribution in [0.25, 0.3) is 0 Å². The normalized spacial score (nSPS) is 11.8. The SMILES string of the molecule is CC(C)(c1ccc(F)cc1)c1nnnn1CCCCN. The average molecular weight is 277 g/mol. The van der Waals surface area contributed by atoms with Crippen LogP contribution >= 0.6 is 0 Å². The maximum absolute atomic E-state index is 13.0. The summed E-state index contributed by atoms with van der Waals surface area (Å²) in [6, 6.07) is 6.46. The molecule has 20 heavy (non-hydrogen) atoms. The fourth-order valence-electron chi connectivity index (χ4n) is 2.20. The summed E-state index contributed by atoms with van der Waals surface area (Å²) in [5.41, 5.74) is 6.11. The lowest BCUT2D eigenvalue weighted by molar-refractivity contribution is 0.475. The Morgan fingerprint density at radius 1 is 1.20 bits per heavy atom. The molecule has 0 aliphatic carbocycles. The second kappa shape index (κ2) is 6.09. The standard InChI is InChI=1S/C14H20FN5/c1-14(2,11-5-7-12(15)8-6-11)13-17-18-19-20(13)10-4-3-9-16/h5-8H,3-4,9-10,16H2,1-2H3. The molecule has 5 nitrogen and oxygen atoms in total. The van der Waals surface area contributed by atoms with E-state index >= 15 is 0 Å². The average Bonchev–Trinajstić information content (AvgIpc) is 2.89. The molecule has 0 amide bonds. The summed E-state index contributed by atoms with van der Waals surface area (Å²) >= 11 is 0. The Balaban J connectivity index is 2.25. The van der Waals surface area contributed by atoms with E-state index in [1.54, 1.807) is 16.8 Å². The van der Waals surface area contributed by atoms with Gasteiger partial charge in [-0.15, -0.1) is 5.10 Å². The van der Waals surface area contributed by atoms with Gasteiger partial charge in [0.25, 0.3) is 0 Å². The molecule has 108 valence electrons. The summed E-state index contributed by atoms with van der Waals surface area (Å²) in [5.74, 6) is 0.535. The largest absolute Gasteiger partial charge is 0.330 e. The predicted octanol–water partition coefficient (Wildman–Crippen LogP) is 1.88. The number of nitrogens with zero attached hydrogens (tertiary/aromatic N) is 4. The van der Waals surface area contributed by atoms with Crippen molar-refractivity contribution < 1.29 is 4.39 Å². The Labute approximate surface area is 118 Å². The zero-order chi connectivity index (χ0) is 14.6. The molecule has 0 fully saturated rings. The number of aromatic nitrogens is 4. The molecule has 1 heterocycles. The van der Waals surface area contributed by atoms with Crippen molar-refractivity contribution in [3.8, 4) is 0 Å². The van der Waals surface area contributed by atoms with Gasteiger partial charge in [-0.25, -0.2) is 9.07 Å². The van der Waals surface area contributed by atoms with Crippen LogP contribution in [0, 0.1) is 5.82 Å². The van der Waals surface area contributed by atoms with E-state index in [0.717, 1.165) is 30.8 Å². The van der Waals surface area contributed by atoms with Crippen LogP contribution < -0.4 is 5.73 Å². The molecule has 2 N–H and O–H groups in total. The molecule has 2 rings (SSSR count). The molecule has 6 heteroatoms. The quantitative estimate of drug-likeness (QED) is 0.818. The highest BCUT2D eigenvalue weighted by Crippen LogP contribution is 2.29. The number of unbranched alkanes of at least 4 members (excludes halogenated alkanes) is 1. The van der Waals surface area contributed by atoms with Crippen molar-refractivity contribution >= 4 is 0 Å². The third kappa shape index (κ3) is 3.01. The molecule has 0 saturated heterocycles. The van der Waals surface area contributed by atoms with Crippen LogP contribution in [0.2, 0.25) is 0 Å². The van der Waals surface area contributed by atoms with Crippen LogP contribution in [-0.4, -0.2) is 26.8 Å². The predicted molar refractivity (Wildman–Crippen MR) is 74.6 cm³/mol. The molecule has 2 aromatic rings. The second-order valence-electron chi connectivity index (χ2n) is 5.35. The van der Waals surface area contributed by atoms with Gasteiger partial charge in [0.05, 0.1) is 5.41 Å². The highest BCUT2D eigenvalue weighted by Gasteiger charge is 2.29. The van der Waals surface area contributed by atoms with E-state index in [-0.39, 0.29) is 11.2 Å². The summed E-state index contributed by atoms with van der Waals surface area (Å²) in [7, 11) is 0. The van der Waals surface area contributed by atoms with Crippen LogP contribution in [0.3, 0.4) is 0 Å². The molecular formula is C14H20FN5. The number of nitrogens with two attached hydrogens (primary N) is 1. The molecule has 0 radical (unpaired) electrons. The summed E-state index contributed by atoms with van der Waals surface area (Å²) in [6.45, 7) is 5.47. The number of tetrazole rings is 1. The Morgan fingerprint density at radius 2 is 1.90 bits per heavy atom. The number of hydrogen-bond acceptors (Lipinski definition) is 4. The van der Waals surface area contributed by atoms with Gasteiger partial charge < -0.3 is 5.73 Å². The lowest BCUT2D eigenvalue weighted by atomic mass is 9.84. The van der Waals surface area contributed by atoms with E-state index in [0.29, 0.717) is 6.54 Å². The fraction of sp³-hybridized carbons (Fsp3) is 0.500. The van der Waals surface area contributed by atoms with Crippen LogP contribution in [0.5, 0.6) is 0 Å². The summed E-state index contributed by atoms with van der Waals surface area (Å²) in [6.07, 6.45) is 1.88. The van der Waals surface area contributed by atoms with Gasteiger partial charge in [-0.1, -0.05) is 12.1 Å². The van der Waals surface area contributed by atoms with Crippen LogP contribution in [-0.2, 0) is 12.0 Å². The molecule has 0 aliphatic heterocycles. The zero-order valence-electron chi connectivity index (χ0n) is 11.9. The van der Waals surface area contributed by atoms with Crippen molar-refractivity contribution in [2.75, 3.05) is 6.54 Å². The first-order valence-corrected chi connectivity index (χ1v) is 6.78. The van der Waals surface area contributed by atoms with Crippen molar-refractivity contribution in [2.45, 2.75) is 38.6 Å². The summed E-state index contributed by atoms with van der Waals surface area (Å²) in [4.78, 5) is 0. The Bertz CT molecular complexity index is 547. The van der Waals surface area contributed by atoms with Gasteiger partial charge in [-0.05, 0) is 61.4 Å². The molecule has 0 spiro atoms. The van der Waals surface area contributed by atoms with Crippen molar-refractivity contribution in [1.82, 2.24) is 20.2 Å². The molecule has 0 unspecified atom stereocenters. The van der Waals surface area contributed by atoms with Gasteiger partial charge in [-0.2, -0.15) is 0 Å². The van der Waals surface area contributed by atoms with Crippen molar-refractivity contribution in [1.29, 1.82) is 0 Å². The van der Waals surface area contributed by atoms with Crippen molar-refractivity contribution in [2.24, 2.45) is 5.73 Å². The number of benzene rings is 1. The van der Waals surface area contributed by atoms with E-state index in [4.69, 9.17) is 5.73 Å². The first-order chi connectivity index (χ1) is 9.55. The molecule has 1 aromatic carbocycles. The molecular weight excluding hydrogens is 257 g/mol. The van der Waals surface area contributed by atoms with Crippen LogP contribution in [0.1, 0.15) is 38.1 Å². The van der Waals surface area contributed by atoms with Gasteiger partial charge in [0.1, 0.15) is 5.82 Å². The maximum atomic E-state index is 13.0. The Kier molecular flexibility index (Phi) is 4.44. The number of rotatable bonds is 6.